The lowest BCUT2D eigenvalue weighted by Gasteiger charge is -2.09. The number of aromatic nitrogens is 2. The van der Waals surface area contributed by atoms with Gasteiger partial charge in [0.2, 0.25) is 0 Å². The molecule has 2 rings (SSSR count). The van der Waals surface area contributed by atoms with E-state index in [-0.39, 0.29) is 5.92 Å². The summed E-state index contributed by atoms with van der Waals surface area (Å²) in [5.41, 5.74) is 1.83. The van der Waals surface area contributed by atoms with Crippen molar-refractivity contribution in [1.82, 2.24) is 9.78 Å². The van der Waals surface area contributed by atoms with Gasteiger partial charge in [-0.3, -0.25) is 4.68 Å². The predicted molar refractivity (Wildman–Crippen MR) is 62.6 cm³/mol. The molecule has 0 radical (unpaired) electrons. The standard InChI is InChI=1S/C13H14F2N2/c1-8(2)11-4-9(5-12(14)13(11)15)10-6-16-17(3)7-10/h4-8H,1-3H3. The fourth-order valence-electron chi connectivity index (χ4n) is 1.77. The van der Waals surface area contributed by atoms with Crippen LogP contribution in [0, 0.1) is 11.6 Å². The zero-order chi connectivity index (χ0) is 12.6. The van der Waals surface area contributed by atoms with Crippen molar-refractivity contribution in [1.29, 1.82) is 0 Å². The van der Waals surface area contributed by atoms with Crippen LogP contribution in [0.3, 0.4) is 0 Å². The molecule has 1 aromatic heterocycles. The van der Waals surface area contributed by atoms with E-state index >= 15 is 0 Å². The molecular weight excluding hydrogens is 222 g/mol. The summed E-state index contributed by atoms with van der Waals surface area (Å²) in [6.45, 7) is 3.68. The smallest absolute Gasteiger partial charge is 0.162 e. The highest BCUT2D eigenvalue weighted by Crippen LogP contribution is 2.28. The quantitative estimate of drug-likeness (QED) is 0.780. The van der Waals surface area contributed by atoms with Gasteiger partial charge in [-0.25, -0.2) is 8.78 Å². The van der Waals surface area contributed by atoms with E-state index in [4.69, 9.17) is 0 Å². The zero-order valence-corrected chi connectivity index (χ0v) is 10.0. The Hall–Kier alpha value is -1.71. The van der Waals surface area contributed by atoms with Crippen LogP contribution in [0.2, 0.25) is 0 Å². The summed E-state index contributed by atoms with van der Waals surface area (Å²) in [4.78, 5) is 0. The van der Waals surface area contributed by atoms with Crippen molar-refractivity contribution >= 4 is 0 Å². The molecule has 1 heterocycles. The first kappa shape index (κ1) is 11.8. The summed E-state index contributed by atoms with van der Waals surface area (Å²) < 4.78 is 28.7. The van der Waals surface area contributed by atoms with Crippen LogP contribution in [-0.2, 0) is 7.05 Å². The lowest BCUT2D eigenvalue weighted by Crippen LogP contribution is -1.97. The molecule has 0 aliphatic carbocycles. The van der Waals surface area contributed by atoms with Crippen molar-refractivity contribution in [3.8, 4) is 11.1 Å². The van der Waals surface area contributed by atoms with Crippen LogP contribution in [0.15, 0.2) is 24.5 Å². The number of nitrogens with zero attached hydrogens (tertiary/aromatic N) is 2. The Kier molecular flexibility index (Phi) is 2.96. The van der Waals surface area contributed by atoms with Gasteiger partial charge < -0.3 is 0 Å². The van der Waals surface area contributed by atoms with E-state index in [0.717, 1.165) is 5.56 Å². The van der Waals surface area contributed by atoms with Gasteiger partial charge >= 0.3 is 0 Å². The molecule has 2 nitrogen and oxygen atoms in total. The maximum absolute atomic E-state index is 13.6. The third-order valence-corrected chi connectivity index (χ3v) is 2.72. The van der Waals surface area contributed by atoms with Crippen LogP contribution in [0.1, 0.15) is 25.3 Å². The van der Waals surface area contributed by atoms with E-state index in [0.29, 0.717) is 11.1 Å². The van der Waals surface area contributed by atoms with Gasteiger partial charge in [0.05, 0.1) is 6.20 Å². The molecule has 4 heteroatoms. The molecule has 0 unspecified atom stereocenters. The van der Waals surface area contributed by atoms with Gasteiger partial charge in [0.15, 0.2) is 11.6 Å². The average molecular weight is 236 g/mol. The number of benzene rings is 1. The number of hydrogen-bond acceptors (Lipinski definition) is 1. The first-order valence-corrected chi connectivity index (χ1v) is 5.47. The van der Waals surface area contributed by atoms with E-state index in [1.807, 2.05) is 13.8 Å². The van der Waals surface area contributed by atoms with Crippen molar-refractivity contribution in [2.45, 2.75) is 19.8 Å². The van der Waals surface area contributed by atoms with Gasteiger partial charge in [0.25, 0.3) is 0 Å². The minimum absolute atomic E-state index is 0.0545. The molecule has 90 valence electrons. The minimum atomic E-state index is -0.810. The Morgan fingerprint density at radius 1 is 1.18 bits per heavy atom. The highest BCUT2D eigenvalue weighted by molar-refractivity contribution is 5.63. The molecule has 0 fully saturated rings. The molecule has 0 saturated heterocycles. The van der Waals surface area contributed by atoms with Crippen LogP contribution in [0.25, 0.3) is 11.1 Å². The van der Waals surface area contributed by atoms with E-state index in [9.17, 15) is 8.78 Å². The van der Waals surface area contributed by atoms with E-state index in [1.165, 1.54) is 6.07 Å². The Morgan fingerprint density at radius 3 is 2.41 bits per heavy atom. The molecule has 1 aromatic carbocycles. The Labute approximate surface area is 98.9 Å². The van der Waals surface area contributed by atoms with Crippen molar-refractivity contribution < 1.29 is 8.78 Å². The third kappa shape index (κ3) is 2.20. The molecule has 2 aromatic rings. The summed E-state index contributed by atoms with van der Waals surface area (Å²) >= 11 is 0. The largest absolute Gasteiger partial charge is 0.275 e. The normalized spacial score (nSPS) is 11.2. The summed E-state index contributed by atoms with van der Waals surface area (Å²) in [6, 6.07) is 2.89. The molecule has 0 N–H and O–H groups in total. The van der Waals surface area contributed by atoms with Gasteiger partial charge in [-0.05, 0) is 29.2 Å². The number of aryl methyl sites for hydroxylation is 1. The zero-order valence-electron chi connectivity index (χ0n) is 10.0. The predicted octanol–water partition coefficient (Wildman–Crippen LogP) is 3.49. The van der Waals surface area contributed by atoms with Gasteiger partial charge in [-0.15, -0.1) is 0 Å². The Balaban J connectivity index is 2.56. The molecule has 0 atom stereocenters. The molecule has 0 bridgehead atoms. The molecule has 0 amide bonds. The van der Waals surface area contributed by atoms with Crippen molar-refractivity contribution in [3.63, 3.8) is 0 Å². The van der Waals surface area contributed by atoms with Crippen LogP contribution in [-0.4, -0.2) is 9.78 Å². The van der Waals surface area contributed by atoms with Crippen molar-refractivity contribution in [3.05, 3.63) is 41.7 Å². The summed E-state index contributed by atoms with van der Waals surface area (Å²) in [7, 11) is 1.78. The lowest BCUT2D eigenvalue weighted by molar-refractivity contribution is 0.494. The lowest BCUT2D eigenvalue weighted by atomic mass is 9.98. The monoisotopic (exact) mass is 236 g/mol. The number of halogens is 2. The van der Waals surface area contributed by atoms with Crippen molar-refractivity contribution in [2.24, 2.45) is 7.05 Å². The minimum Gasteiger partial charge on any atom is -0.275 e. The highest BCUT2D eigenvalue weighted by atomic mass is 19.2. The van der Waals surface area contributed by atoms with Gasteiger partial charge in [-0.1, -0.05) is 13.8 Å². The maximum Gasteiger partial charge on any atom is 0.162 e. The second kappa shape index (κ2) is 4.28. The summed E-state index contributed by atoms with van der Waals surface area (Å²) in [6.07, 6.45) is 3.41. The van der Waals surface area contributed by atoms with Gasteiger partial charge in [0, 0.05) is 18.8 Å². The molecule has 0 aliphatic heterocycles. The first-order valence-electron chi connectivity index (χ1n) is 5.47. The van der Waals surface area contributed by atoms with Gasteiger partial charge in [-0.2, -0.15) is 5.10 Å². The average Bonchev–Trinajstić information content (AvgIpc) is 2.68. The second-order valence-electron chi connectivity index (χ2n) is 4.42. The molecule has 0 spiro atoms. The van der Waals surface area contributed by atoms with E-state index < -0.39 is 11.6 Å². The SMILES string of the molecule is CC(C)c1cc(-c2cnn(C)c2)cc(F)c1F. The number of rotatable bonds is 2. The van der Waals surface area contributed by atoms with Crippen LogP contribution < -0.4 is 0 Å². The Morgan fingerprint density at radius 2 is 1.88 bits per heavy atom. The summed E-state index contributed by atoms with van der Waals surface area (Å²) in [5.74, 6) is -1.62. The molecule has 17 heavy (non-hydrogen) atoms. The fraction of sp³-hybridized carbons (Fsp3) is 0.308. The molecule has 0 saturated carbocycles. The van der Waals surface area contributed by atoms with E-state index in [2.05, 4.69) is 5.10 Å². The molecule has 0 aliphatic rings. The van der Waals surface area contributed by atoms with Crippen LogP contribution >= 0.6 is 0 Å². The van der Waals surface area contributed by atoms with Crippen molar-refractivity contribution in [2.75, 3.05) is 0 Å². The maximum atomic E-state index is 13.6. The summed E-state index contributed by atoms with van der Waals surface area (Å²) in [5, 5.41) is 4.02. The topological polar surface area (TPSA) is 17.8 Å². The van der Waals surface area contributed by atoms with Crippen LogP contribution in [0.4, 0.5) is 8.78 Å². The second-order valence-corrected chi connectivity index (χ2v) is 4.42. The van der Waals surface area contributed by atoms with E-state index in [1.54, 1.807) is 30.2 Å². The molecular formula is C13H14F2N2. The fourth-order valence-corrected chi connectivity index (χ4v) is 1.77. The Bertz CT molecular complexity index is 544. The number of hydrogen-bond donors (Lipinski definition) is 0. The van der Waals surface area contributed by atoms with Gasteiger partial charge in [0.1, 0.15) is 0 Å². The third-order valence-electron chi connectivity index (χ3n) is 2.72. The van der Waals surface area contributed by atoms with Crippen LogP contribution in [0.5, 0.6) is 0 Å². The highest BCUT2D eigenvalue weighted by Gasteiger charge is 2.14. The first-order chi connectivity index (χ1) is 7.99.